The van der Waals surface area contributed by atoms with Crippen molar-refractivity contribution in [1.82, 2.24) is 0 Å². The van der Waals surface area contributed by atoms with Crippen LogP contribution >= 0.6 is 11.8 Å². The van der Waals surface area contributed by atoms with E-state index in [9.17, 15) is 5.11 Å². The zero-order chi connectivity index (χ0) is 11.6. The number of aliphatic hydroxyl groups is 1. The highest BCUT2D eigenvalue weighted by Crippen LogP contribution is 2.55. The molecule has 16 heavy (non-hydrogen) atoms. The molecule has 2 rings (SSSR count). The average Bonchev–Trinajstić information content (AvgIpc) is 2.99. The quantitative estimate of drug-likeness (QED) is 0.841. The third-order valence-electron chi connectivity index (χ3n) is 3.11. The molecule has 0 bridgehead atoms. The third-order valence-corrected chi connectivity index (χ3v) is 4.70. The van der Waals surface area contributed by atoms with E-state index in [1.54, 1.807) is 0 Å². The van der Waals surface area contributed by atoms with E-state index in [0.717, 1.165) is 19.3 Å². The third kappa shape index (κ3) is 2.80. The van der Waals surface area contributed by atoms with E-state index in [1.165, 1.54) is 4.90 Å². The lowest BCUT2D eigenvalue weighted by atomic mass is 10.0. The molecular weight excluding hydrogens is 216 g/mol. The highest BCUT2D eigenvalue weighted by molar-refractivity contribution is 8.01. The topological polar surface area (TPSA) is 20.2 Å². The van der Waals surface area contributed by atoms with Crippen LogP contribution in [0, 0.1) is 5.92 Å². The van der Waals surface area contributed by atoms with Crippen LogP contribution in [0.1, 0.15) is 33.1 Å². The van der Waals surface area contributed by atoms with Crippen molar-refractivity contribution in [1.29, 1.82) is 0 Å². The van der Waals surface area contributed by atoms with Gasteiger partial charge in [-0.15, -0.1) is 11.8 Å². The standard InChI is InChI=1S/C14H20OS/c1-11(2)10-13(15)14(8-9-14)16-12-6-4-3-5-7-12/h3-7,11,13,15H,8-10H2,1-2H3. The first-order chi connectivity index (χ1) is 7.62. The van der Waals surface area contributed by atoms with Gasteiger partial charge in [0.2, 0.25) is 0 Å². The maximum absolute atomic E-state index is 10.3. The second-order valence-corrected chi connectivity index (χ2v) is 6.61. The Labute approximate surface area is 102 Å². The number of thioether (sulfide) groups is 1. The van der Waals surface area contributed by atoms with Crippen molar-refractivity contribution in [2.75, 3.05) is 0 Å². The lowest BCUT2D eigenvalue weighted by Gasteiger charge is -2.23. The number of rotatable bonds is 5. The van der Waals surface area contributed by atoms with Crippen LogP contribution in [0.2, 0.25) is 0 Å². The maximum atomic E-state index is 10.3. The van der Waals surface area contributed by atoms with Crippen LogP contribution in [-0.4, -0.2) is 16.0 Å². The van der Waals surface area contributed by atoms with Crippen molar-refractivity contribution >= 4 is 11.8 Å². The summed E-state index contributed by atoms with van der Waals surface area (Å²) in [5.41, 5.74) is 0. The van der Waals surface area contributed by atoms with E-state index >= 15 is 0 Å². The summed E-state index contributed by atoms with van der Waals surface area (Å²) < 4.78 is 0.117. The summed E-state index contributed by atoms with van der Waals surface area (Å²) in [7, 11) is 0. The number of aliphatic hydroxyl groups excluding tert-OH is 1. The number of hydrogen-bond donors (Lipinski definition) is 1. The van der Waals surface area contributed by atoms with Crippen molar-refractivity contribution < 1.29 is 5.11 Å². The van der Waals surface area contributed by atoms with Gasteiger partial charge in [-0.25, -0.2) is 0 Å². The molecule has 2 heteroatoms. The van der Waals surface area contributed by atoms with Crippen LogP contribution < -0.4 is 0 Å². The molecule has 0 radical (unpaired) electrons. The molecule has 1 unspecified atom stereocenters. The molecule has 0 aromatic heterocycles. The molecule has 88 valence electrons. The molecular formula is C14H20OS. The van der Waals surface area contributed by atoms with Gasteiger partial charge in [-0.1, -0.05) is 32.0 Å². The van der Waals surface area contributed by atoms with E-state index in [1.807, 2.05) is 17.8 Å². The molecule has 1 saturated carbocycles. The van der Waals surface area contributed by atoms with Crippen LogP contribution in [0.25, 0.3) is 0 Å². The first kappa shape index (κ1) is 12.0. The van der Waals surface area contributed by atoms with Gasteiger partial charge in [-0.3, -0.25) is 0 Å². The molecule has 0 spiro atoms. The summed E-state index contributed by atoms with van der Waals surface area (Å²) in [6, 6.07) is 10.4. The zero-order valence-electron chi connectivity index (χ0n) is 10.0. The van der Waals surface area contributed by atoms with Gasteiger partial charge < -0.3 is 5.11 Å². The van der Waals surface area contributed by atoms with E-state index in [4.69, 9.17) is 0 Å². The molecule has 1 nitrogen and oxygen atoms in total. The minimum Gasteiger partial charge on any atom is -0.392 e. The monoisotopic (exact) mass is 236 g/mol. The Hall–Kier alpha value is -0.470. The molecule has 0 aliphatic heterocycles. The summed E-state index contributed by atoms with van der Waals surface area (Å²) in [4.78, 5) is 1.28. The first-order valence-electron chi connectivity index (χ1n) is 6.04. The molecule has 1 atom stereocenters. The Balaban J connectivity index is 1.98. The summed E-state index contributed by atoms with van der Waals surface area (Å²) in [6.07, 6.45) is 3.07. The molecule has 1 aliphatic carbocycles. The summed E-state index contributed by atoms with van der Waals surface area (Å²) in [6.45, 7) is 4.35. The van der Waals surface area contributed by atoms with Gasteiger partial charge in [0.15, 0.2) is 0 Å². The van der Waals surface area contributed by atoms with Gasteiger partial charge in [0.05, 0.1) is 6.10 Å². The van der Waals surface area contributed by atoms with Crippen molar-refractivity contribution in [3.8, 4) is 0 Å². The van der Waals surface area contributed by atoms with Crippen LogP contribution in [-0.2, 0) is 0 Å². The van der Waals surface area contributed by atoms with Gasteiger partial charge in [0, 0.05) is 9.64 Å². The predicted octanol–water partition coefficient (Wildman–Crippen LogP) is 3.72. The average molecular weight is 236 g/mol. The van der Waals surface area contributed by atoms with Crippen molar-refractivity contribution in [3.63, 3.8) is 0 Å². The summed E-state index contributed by atoms with van der Waals surface area (Å²) >= 11 is 1.86. The SMILES string of the molecule is CC(C)CC(O)C1(Sc2ccccc2)CC1. The Morgan fingerprint density at radius 1 is 1.25 bits per heavy atom. The molecule has 1 aliphatic rings. The second kappa shape index (κ2) is 4.80. The van der Waals surface area contributed by atoms with Crippen LogP contribution in [0.4, 0.5) is 0 Å². The molecule has 1 aromatic rings. The highest BCUT2D eigenvalue weighted by Gasteiger charge is 2.49. The Morgan fingerprint density at radius 3 is 2.38 bits per heavy atom. The van der Waals surface area contributed by atoms with Crippen LogP contribution in [0.5, 0.6) is 0 Å². The lowest BCUT2D eigenvalue weighted by molar-refractivity contribution is 0.139. The maximum Gasteiger partial charge on any atom is 0.0692 e. The van der Waals surface area contributed by atoms with E-state index in [0.29, 0.717) is 5.92 Å². The predicted molar refractivity (Wildman–Crippen MR) is 69.7 cm³/mol. The van der Waals surface area contributed by atoms with Gasteiger partial charge in [0.25, 0.3) is 0 Å². The van der Waals surface area contributed by atoms with Gasteiger partial charge >= 0.3 is 0 Å². The summed E-state index contributed by atoms with van der Waals surface area (Å²) in [5, 5.41) is 10.3. The molecule has 1 fully saturated rings. The fourth-order valence-corrected chi connectivity index (χ4v) is 3.31. The molecule has 0 amide bonds. The molecule has 0 saturated heterocycles. The lowest BCUT2D eigenvalue weighted by Crippen LogP contribution is -2.26. The second-order valence-electron chi connectivity index (χ2n) is 5.13. The zero-order valence-corrected chi connectivity index (χ0v) is 10.8. The Bertz CT molecular complexity index is 330. The largest absolute Gasteiger partial charge is 0.392 e. The van der Waals surface area contributed by atoms with E-state index in [-0.39, 0.29) is 10.9 Å². The molecule has 0 heterocycles. The van der Waals surface area contributed by atoms with Crippen molar-refractivity contribution in [2.24, 2.45) is 5.92 Å². The highest BCUT2D eigenvalue weighted by atomic mass is 32.2. The fourth-order valence-electron chi connectivity index (χ4n) is 2.01. The van der Waals surface area contributed by atoms with Gasteiger partial charge in [-0.05, 0) is 37.3 Å². The smallest absolute Gasteiger partial charge is 0.0692 e. The minimum absolute atomic E-state index is 0.117. The Kier molecular flexibility index (Phi) is 3.60. The van der Waals surface area contributed by atoms with Gasteiger partial charge in [-0.2, -0.15) is 0 Å². The Morgan fingerprint density at radius 2 is 1.88 bits per heavy atom. The van der Waals surface area contributed by atoms with Gasteiger partial charge in [0.1, 0.15) is 0 Å². The van der Waals surface area contributed by atoms with Crippen molar-refractivity contribution in [2.45, 2.75) is 48.9 Å². The minimum atomic E-state index is -0.155. The molecule has 1 aromatic carbocycles. The number of benzene rings is 1. The van der Waals surface area contributed by atoms with Crippen LogP contribution in [0.3, 0.4) is 0 Å². The summed E-state index contributed by atoms with van der Waals surface area (Å²) in [5.74, 6) is 0.573. The molecule has 1 N–H and O–H groups in total. The van der Waals surface area contributed by atoms with Crippen LogP contribution in [0.15, 0.2) is 35.2 Å². The number of hydrogen-bond acceptors (Lipinski definition) is 2. The van der Waals surface area contributed by atoms with E-state index < -0.39 is 0 Å². The van der Waals surface area contributed by atoms with Crippen molar-refractivity contribution in [3.05, 3.63) is 30.3 Å². The van der Waals surface area contributed by atoms with E-state index in [2.05, 4.69) is 38.1 Å². The first-order valence-corrected chi connectivity index (χ1v) is 6.86. The normalized spacial score (nSPS) is 19.8. The fraction of sp³-hybridized carbons (Fsp3) is 0.571.